The standard InChI is InChI=1S/C6H12N2O/c1-2-8-6(3-7-1)4-9-5-6/h7-8H,1-5H2. The molecule has 0 aliphatic carbocycles. The van der Waals surface area contributed by atoms with Gasteiger partial charge in [0.15, 0.2) is 0 Å². The molecule has 3 heteroatoms. The SMILES string of the molecule is C1CNC2(CN1)COC2. The second-order valence-corrected chi connectivity index (χ2v) is 2.88. The van der Waals surface area contributed by atoms with Crippen molar-refractivity contribution in [2.75, 3.05) is 32.8 Å². The summed E-state index contributed by atoms with van der Waals surface area (Å²) in [6.45, 7) is 5.04. The zero-order valence-corrected chi connectivity index (χ0v) is 5.44. The van der Waals surface area contributed by atoms with E-state index in [9.17, 15) is 0 Å². The van der Waals surface area contributed by atoms with Gasteiger partial charge in [-0.1, -0.05) is 0 Å². The number of hydrogen-bond donors (Lipinski definition) is 2. The zero-order chi connectivity index (χ0) is 6.16. The van der Waals surface area contributed by atoms with Gasteiger partial charge in [0.1, 0.15) is 0 Å². The van der Waals surface area contributed by atoms with Crippen molar-refractivity contribution in [2.45, 2.75) is 5.54 Å². The van der Waals surface area contributed by atoms with Gasteiger partial charge in [0.25, 0.3) is 0 Å². The molecule has 2 N–H and O–H groups in total. The molecule has 2 aliphatic heterocycles. The first-order valence-corrected chi connectivity index (χ1v) is 3.45. The van der Waals surface area contributed by atoms with Crippen LogP contribution in [0.4, 0.5) is 0 Å². The Bertz CT molecular complexity index is 104. The number of nitrogens with one attached hydrogen (secondary N) is 2. The van der Waals surface area contributed by atoms with Crippen molar-refractivity contribution < 1.29 is 4.74 Å². The van der Waals surface area contributed by atoms with Gasteiger partial charge in [-0.05, 0) is 0 Å². The maximum absolute atomic E-state index is 5.11. The van der Waals surface area contributed by atoms with Crippen LogP contribution >= 0.6 is 0 Å². The minimum Gasteiger partial charge on any atom is -0.377 e. The fraction of sp³-hybridized carbons (Fsp3) is 1.00. The highest BCUT2D eigenvalue weighted by Gasteiger charge is 2.38. The van der Waals surface area contributed by atoms with Gasteiger partial charge < -0.3 is 15.4 Å². The van der Waals surface area contributed by atoms with E-state index in [2.05, 4.69) is 10.6 Å². The van der Waals surface area contributed by atoms with Crippen molar-refractivity contribution in [1.29, 1.82) is 0 Å². The molecule has 0 aromatic heterocycles. The third kappa shape index (κ3) is 0.852. The molecule has 0 saturated carbocycles. The van der Waals surface area contributed by atoms with Crippen LogP contribution in [0.25, 0.3) is 0 Å². The molecule has 0 unspecified atom stereocenters. The predicted molar refractivity (Wildman–Crippen MR) is 34.4 cm³/mol. The number of hydrogen-bond acceptors (Lipinski definition) is 3. The molecule has 2 rings (SSSR count). The maximum Gasteiger partial charge on any atom is 0.0780 e. The molecule has 0 amide bonds. The fourth-order valence-corrected chi connectivity index (χ4v) is 1.36. The third-order valence-corrected chi connectivity index (χ3v) is 2.02. The van der Waals surface area contributed by atoms with E-state index in [4.69, 9.17) is 4.74 Å². The van der Waals surface area contributed by atoms with Crippen LogP contribution in [0.15, 0.2) is 0 Å². The summed E-state index contributed by atoms with van der Waals surface area (Å²) in [7, 11) is 0. The van der Waals surface area contributed by atoms with Crippen LogP contribution in [-0.4, -0.2) is 38.4 Å². The monoisotopic (exact) mass is 128 g/mol. The van der Waals surface area contributed by atoms with Crippen molar-refractivity contribution in [3.8, 4) is 0 Å². The van der Waals surface area contributed by atoms with Gasteiger partial charge >= 0.3 is 0 Å². The van der Waals surface area contributed by atoms with E-state index in [0.717, 1.165) is 32.8 Å². The molecule has 3 nitrogen and oxygen atoms in total. The first-order valence-electron chi connectivity index (χ1n) is 3.45. The Balaban J connectivity index is 1.93. The molecule has 2 saturated heterocycles. The Hall–Kier alpha value is -0.120. The predicted octanol–water partition coefficient (Wildman–Crippen LogP) is -1.05. The topological polar surface area (TPSA) is 33.3 Å². The molecule has 1 spiro atoms. The van der Waals surface area contributed by atoms with Gasteiger partial charge in [-0.3, -0.25) is 0 Å². The van der Waals surface area contributed by atoms with Crippen LogP contribution in [0.1, 0.15) is 0 Å². The minimum absolute atomic E-state index is 0.318. The van der Waals surface area contributed by atoms with E-state index in [0.29, 0.717) is 5.54 Å². The lowest BCUT2D eigenvalue weighted by Gasteiger charge is -2.45. The Labute approximate surface area is 54.8 Å². The van der Waals surface area contributed by atoms with Crippen molar-refractivity contribution >= 4 is 0 Å². The van der Waals surface area contributed by atoms with Gasteiger partial charge in [0.05, 0.1) is 18.8 Å². The summed E-state index contributed by atoms with van der Waals surface area (Å²) in [5.74, 6) is 0. The second-order valence-electron chi connectivity index (χ2n) is 2.88. The molecule has 52 valence electrons. The Morgan fingerprint density at radius 1 is 1.22 bits per heavy atom. The largest absolute Gasteiger partial charge is 0.377 e. The first-order chi connectivity index (χ1) is 4.41. The molecule has 2 fully saturated rings. The molecule has 0 aromatic rings. The van der Waals surface area contributed by atoms with Crippen LogP contribution in [-0.2, 0) is 4.74 Å². The van der Waals surface area contributed by atoms with E-state index < -0.39 is 0 Å². The van der Waals surface area contributed by atoms with Crippen LogP contribution in [0.5, 0.6) is 0 Å². The summed E-state index contributed by atoms with van der Waals surface area (Å²) >= 11 is 0. The highest BCUT2D eigenvalue weighted by atomic mass is 16.5. The number of ether oxygens (including phenoxy) is 1. The highest BCUT2D eigenvalue weighted by molar-refractivity contribution is 4.98. The summed E-state index contributed by atoms with van der Waals surface area (Å²) in [4.78, 5) is 0. The lowest BCUT2D eigenvalue weighted by molar-refractivity contribution is -0.0787. The van der Waals surface area contributed by atoms with Gasteiger partial charge in [-0.15, -0.1) is 0 Å². The van der Waals surface area contributed by atoms with Crippen LogP contribution < -0.4 is 10.6 Å². The summed E-state index contributed by atoms with van der Waals surface area (Å²) in [5.41, 5.74) is 0.318. The molecule has 0 radical (unpaired) electrons. The Morgan fingerprint density at radius 3 is 2.44 bits per heavy atom. The quantitative estimate of drug-likeness (QED) is 0.436. The maximum atomic E-state index is 5.11. The molecule has 2 aliphatic rings. The summed E-state index contributed by atoms with van der Waals surface area (Å²) in [6, 6.07) is 0. The zero-order valence-electron chi connectivity index (χ0n) is 5.44. The highest BCUT2D eigenvalue weighted by Crippen LogP contribution is 2.16. The van der Waals surface area contributed by atoms with Gasteiger partial charge in [0, 0.05) is 19.6 Å². The van der Waals surface area contributed by atoms with E-state index in [1.165, 1.54) is 0 Å². The fourth-order valence-electron chi connectivity index (χ4n) is 1.36. The lowest BCUT2D eigenvalue weighted by atomic mass is 9.96. The molecule has 0 aromatic carbocycles. The molecule has 0 atom stereocenters. The van der Waals surface area contributed by atoms with Crippen molar-refractivity contribution in [3.05, 3.63) is 0 Å². The van der Waals surface area contributed by atoms with E-state index in [1.807, 2.05) is 0 Å². The first kappa shape index (κ1) is 5.65. The van der Waals surface area contributed by atoms with E-state index >= 15 is 0 Å². The summed E-state index contributed by atoms with van der Waals surface area (Å²) in [6.07, 6.45) is 0. The number of piperazine rings is 1. The summed E-state index contributed by atoms with van der Waals surface area (Å²) in [5, 5.41) is 6.78. The lowest BCUT2D eigenvalue weighted by Crippen LogP contribution is -2.69. The molecule has 0 bridgehead atoms. The molecular weight excluding hydrogens is 116 g/mol. The Kier molecular flexibility index (Phi) is 1.22. The average Bonchev–Trinajstić information content (AvgIpc) is 1.87. The summed E-state index contributed by atoms with van der Waals surface area (Å²) < 4.78 is 5.11. The van der Waals surface area contributed by atoms with Crippen LogP contribution in [0.3, 0.4) is 0 Å². The van der Waals surface area contributed by atoms with Crippen molar-refractivity contribution in [1.82, 2.24) is 10.6 Å². The second kappa shape index (κ2) is 1.94. The van der Waals surface area contributed by atoms with Gasteiger partial charge in [-0.25, -0.2) is 0 Å². The Morgan fingerprint density at radius 2 is 2.11 bits per heavy atom. The molecule has 2 heterocycles. The smallest absolute Gasteiger partial charge is 0.0780 e. The normalized spacial score (nSPS) is 32.0. The van der Waals surface area contributed by atoms with Gasteiger partial charge in [0.2, 0.25) is 0 Å². The average molecular weight is 128 g/mol. The number of rotatable bonds is 0. The van der Waals surface area contributed by atoms with Crippen molar-refractivity contribution in [2.24, 2.45) is 0 Å². The molecule has 9 heavy (non-hydrogen) atoms. The van der Waals surface area contributed by atoms with Crippen LogP contribution in [0, 0.1) is 0 Å². The van der Waals surface area contributed by atoms with Gasteiger partial charge in [-0.2, -0.15) is 0 Å². The minimum atomic E-state index is 0.318. The van der Waals surface area contributed by atoms with E-state index in [-0.39, 0.29) is 0 Å². The molecular formula is C6H12N2O. The van der Waals surface area contributed by atoms with Crippen LogP contribution in [0.2, 0.25) is 0 Å². The van der Waals surface area contributed by atoms with Crippen molar-refractivity contribution in [3.63, 3.8) is 0 Å². The van der Waals surface area contributed by atoms with E-state index in [1.54, 1.807) is 0 Å². The third-order valence-electron chi connectivity index (χ3n) is 2.02.